The van der Waals surface area contributed by atoms with Gasteiger partial charge in [0, 0.05) is 38.5 Å². The number of rotatable bonds is 9. The van der Waals surface area contributed by atoms with Gasteiger partial charge in [0.25, 0.3) is 0 Å². The summed E-state index contributed by atoms with van der Waals surface area (Å²) in [6.45, 7) is 2.49. The Labute approximate surface area is 159 Å². The van der Waals surface area contributed by atoms with Crippen LogP contribution in [0, 0.1) is 5.82 Å². The fraction of sp³-hybridized carbons (Fsp3) is 0.333. The van der Waals surface area contributed by atoms with Gasteiger partial charge < -0.3 is 15.0 Å². The van der Waals surface area contributed by atoms with Crippen LogP contribution in [0.1, 0.15) is 24.5 Å². The van der Waals surface area contributed by atoms with E-state index in [0.29, 0.717) is 25.1 Å². The Kier molecular flexibility index (Phi) is 7.79. The monoisotopic (exact) mass is 372 g/mol. The summed E-state index contributed by atoms with van der Waals surface area (Å²) in [6, 6.07) is 14.0. The molecule has 0 spiro atoms. The molecule has 0 aliphatic heterocycles. The number of nitrogens with zero attached hydrogens (tertiary/aromatic N) is 1. The van der Waals surface area contributed by atoms with Gasteiger partial charge in [-0.05, 0) is 30.2 Å². The Morgan fingerprint density at radius 2 is 1.78 bits per heavy atom. The number of hydrogen-bond acceptors (Lipinski definition) is 3. The summed E-state index contributed by atoms with van der Waals surface area (Å²) in [6.07, 6.45) is 0.872. The highest BCUT2D eigenvalue weighted by Gasteiger charge is 2.12. The van der Waals surface area contributed by atoms with Gasteiger partial charge in [0.05, 0.1) is 7.11 Å². The number of methoxy groups -OCH3 is 1. The van der Waals surface area contributed by atoms with Gasteiger partial charge in [-0.3, -0.25) is 9.59 Å². The molecule has 0 atom stereocenters. The van der Waals surface area contributed by atoms with E-state index in [9.17, 15) is 14.0 Å². The summed E-state index contributed by atoms with van der Waals surface area (Å²) >= 11 is 0. The van der Waals surface area contributed by atoms with Crippen LogP contribution in [0.25, 0.3) is 0 Å². The van der Waals surface area contributed by atoms with Crippen LogP contribution in [-0.2, 0) is 22.6 Å². The lowest BCUT2D eigenvalue weighted by Crippen LogP contribution is -2.35. The number of carbonyl (C=O) groups excluding carboxylic acids is 2. The van der Waals surface area contributed by atoms with E-state index in [-0.39, 0.29) is 30.6 Å². The van der Waals surface area contributed by atoms with Gasteiger partial charge >= 0.3 is 0 Å². The van der Waals surface area contributed by atoms with Gasteiger partial charge in [-0.25, -0.2) is 4.39 Å². The first kappa shape index (κ1) is 20.4. The van der Waals surface area contributed by atoms with Gasteiger partial charge in [-0.2, -0.15) is 0 Å². The third-order valence-electron chi connectivity index (χ3n) is 4.32. The lowest BCUT2D eigenvalue weighted by molar-refractivity contribution is -0.129. The molecule has 0 fully saturated rings. The quantitative estimate of drug-likeness (QED) is 0.736. The van der Waals surface area contributed by atoms with Gasteiger partial charge in [-0.1, -0.05) is 30.3 Å². The first-order valence-electron chi connectivity index (χ1n) is 8.88. The van der Waals surface area contributed by atoms with Crippen molar-refractivity contribution in [3.63, 3.8) is 0 Å². The average Bonchev–Trinajstić information content (AvgIpc) is 2.67. The zero-order valence-corrected chi connectivity index (χ0v) is 15.7. The van der Waals surface area contributed by atoms with Crippen LogP contribution in [0.5, 0.6) is 5.75 Å². The van der Waals surface area contributed by atoms with Crippen molar-refractivity contribution in [1.82, 2.24) is 10.2 Å². The second-order valence-electron chi connectivity index (χ2n) is 6.22. The SMILES string of the molecule is COc1ccc(CCN(CCC(=O)NCc2ccccc2F)C(C)=O)cc1. The summed E-state index contributed by atoms with van der Waals surface area (Å²) < 4.78 is 18.7. The first-order chi connectivity index (χ1) is 13.0. The number of hydrogen-bond donors (Lipinski definition) is 1. The van der Waals surface area contributed by atoms with E-state index < -0.39 is 0 Å². The van der Waals surface area contributed by atoms with Crippen LogP contribution in [0.15, 0.2) is 48.5 Å². The minimum Gasteiger partial charge on any atom is -0.497 e. The number of nitrogens with one attached hydrogen (secondary N) is 1. The standard InChI is InChI=1S/C21H25FN2O3/c1-16(25)24(13-11-17-7-9-19(27-2)10-8-17)14-12-21(26)23-15-18-5-3-4-6-20(18)22/h3-10H,11-15H2,1-2H3,(H,23,26). The van der Waals surface area contributed by atoms with E-state index in [0.717, 1.165) is 11.3 Å². The summed E-state index contributed by atoms with van der Waals surface area (Å²) in [5.74, 6) is 0.149. The normalized spacial score (nSPS) is 10.3. The van der Waals surface area contributed by atoms with Crippen molar-refractivity contribution >= 4 is 11.8 Å². The van der Waals surface area contributed by atoms with E-state index in [1.165, 1.54) is 13.0 Å². The molecule has 2 rings (SSSR count). The van der Waals surface area contributed by atoms with Crippen molar-refractivity contribution in [3.05, 3.63) is 65.5 Å². The molecule has 2 amide bonds. The largest absolute Gasteiger partial charge is 0.497 e. The van der Waals surface area contributed by atoms with Crippen LogP contribution in [0.3, 0.4) is 0 Å². The average molecular weight is 372 g/mol. The van der Waals surface area contributed by atoms with Crippen molar-refractivity contribution in [2.75, 3.05) is 20.2 Å². The summed E-state index contributed by atoms with van der Waals surface area (Å²) in [7, 11) is 1.61. The van der Waals surface area contributed by atoms with Crippen LogP contribution in [-0.4, -0.2) is 36.9 Å². The minimum atomic E-state index is -0.345. The van der Waals surface area contributed by atoms with Crippen molar-refractivity contribution in [2.24, 2.45) is 0 Å². The van der Waals surface area contributed by atoms with Crippen LogP contribution in [0.4, 0.5) is 4.39 Å². The molecule has 6 heteroatoms. The second-order valence-corrected chi connectivity index (χ2v) is 6.22. The Hall–Kier alpha value is -2.89. The Bertz CT molecular complexity index is 762. The molecule has 0 bridgehead atoms. The molecule has 1 N–H and O–H groups in total. The van der Waals surface area contributed by atoms with Gasteiger partial charge in [0.15, 0.2) is 0 Å². The van der Waals surface area contributed by atoms with Crippen molar-refractivity contribution < 1.29 is 18.7 Å². The lowest BCUT2D eigenvalue weighted by Gasteiger charge is -2.21. The Morgan fingerprint density at radius 3 is 2.41 bits per heavy atom. The molecule has 0 unspecified atom stereocenters. The molecule has 2 aromatic rings. The molecule has 0 aromatic heterocycles. The third kappa shape index (κ3) is 6.73. The maximum Gasteiger partial charge on any atom is 0.222 e. The molecule has 27 heavy (non-hydrogen) atoms. The lowest BCUT2D eigenvalue weighted by atomic mass is 10.1. The molecule has 0 radical (unpaired) electrons. The van der Waals surface area contributed by atoms with Crippen molar-refractivity contribution in [2.45, 2.75) is 26.3 Å². The molecular weight excluding hydrogens is 347 g/mol. The number of benzene rings is 2. The predicted octanol–water partition coefficient (Wildman–Crippen LogP) is 2.93. The van der Waals surface area contributed by atoms with Gasteiger partial charge in [0.2, 0.25) is 11.8 Å². The van der Waals surface area contributed by atoms with Gasteiger partial charge in [0.1, 0.15) is 11.6 Å². The fourth-order valence-corrected chi connectivity index (χ4v) is 2.64. The Balaban J connectivity index is 1.78. The molecular formula is C21H25FN2O3. The zero-order chi connectivity index (χ0) is 19.6. The second kappa shape index (κ2) is 10.3. The number of halogens is 1. The maximum atomic E-state index is 13.6. The summed E-state index contributed by atoms with van der Waals surface area (Å²) in [5.41, 5.74) is 1.53. The topological polar surface area (TPSA) is 58.6 Å². The van der Waals surface area contributed by atoms with Crippen molar-refractivity contribution in [1.29, 1.82) is 0 Å². The molecule has 0 saturated carbocycles. The molecule has 0 saturated heterocycles. The number of carbonyl (C=O) groups is 2. The van der Waals surface area contributed by atoms with Crippen LogP contribution >= 0.6 is 0 Å². The fourth-order valence-electron chi connectivity index (χ4n) is 2.64. The van der Waals surface area contributed by atoms with E-state index in [4.69, 9.17) is 4.74 Å². The van der Waals surface area contributed by atoms with Crippen LogP contribution in [0.2, 0.25) is 0 Å². The minimum absolute atomic E-state index is 0.0783. The van der Waals surface area contributed by atoms with Crippen LogP contribution < -0.4 is 10.1 Å². The molecule has 0 aliphatic carbocycles. The molecule has 144 valence electrons. The highest BCUT2D eigenvalue weighted by Crippen LogP contribution is 2.12. The summed E-state index contributed by atoms with van der Waals surface area (Å²) in [5, 5.41) is 2.69. The number of amides is 2. The molecule has 2 aromatic carbocycles. The molecule has 0 heterocycles. The predicted molar refractivity (Wildman–Crippen MR) is 102 cm³/mol. The third-order valence-corrected chi connectivity index (χ3v) is 4.32. The van der Waals surface area contributed by atoms with E-state index >= 15 is 0 Å². The smallest absolute Gasteiger partial charge is 0.222 e. The Morgan fingerprint density at radius 1 is 1.07 bits per heavy atom. The van der Waals surface area contributed by atoms with E-state index in [2.05, 4.69) is 5.32 Å². The molecule has 5 nitrogen and oxygen atoms in total. The highest BCUT2D eigenvalue weighted by molar-refractivity contribution is 5.78. The first-order valence-corrected chi connectivity index (χ1v) is 8.88. The highest BCUT2D eigenvalue weighted by atomic mass is 19.1. The summed E-state index contributed by atoms with van der Waals surface area (Å²) in [4.78, 5) is 25.5. The number of ether oxygens (including phenoxy) is 1. The van der Waals surface area contributed by atoms with Crippen molar-refractivity contribution in [3.8, 4) is 5.75 Å². The zero-order valence-electron chi connectivity index (χ0n) is 15.7. The van der Waals surface area contributed by atoms with Gasteiger partial charge in [-0.15, -0.1) is 0 Å². The van der Waals surface area contributed by atoms with E-state index in [1.807, 2.05) is 24.3 Å². The maximum absolute atomic E-state index is 13.6. The van der Waals surface area contributed by atoms with E-state index in [1.54, 1.807) is 30.2 Å². The molecule has 0 aliphatic rings.